The van der Waals surface area contributed by atoms with Crippen molar-refractivity contribution in [3.63, 3.8) is 0 Å². The molecule has 0 aromatic heterocycles. The summed E-state index contributed by atoms with van der Waals surface area (Å²) in [5.41, 5.74) is 0.391. The fraction of sp³-hybridized carbons (Fsp3) is 0.429. The van der Waals surface area contributed by atoms with E-state index < -0.39 is 0 Å². The molecule has 1 aliphatic heterocycles. The maximum Gasteiger partial charge on any atom is 0.251 e. The van der Waals surface area contributed by atoms with Crippen molar-refractivity contribution in [1.29, 1.82) is 0 Å². The zero-order chi connectivity index (χ0) is 14.7. The van der Waals surface area contributed by atoms with E-state index in [1.54, 1.807) is 17.0 Å². The Morgan fingerprint density at radius 3 is 2.70 bits per heavy atom. The van der Waals surface area contributed by atoms with E-state index in [-0.39, 0.29) is 18.4 Å². The molecule has 1 heterocycles. The molecule has 1 atom stereocenters. The maximum atomic E-state index is 11.9. The van der Waals surface area contributed by atoms with Crippen LogP contribution in [0.25, 0.3) is 0 Å². The van der Waals surface area contributed by atoms with Crippen LogP contribution in [0.15, 0.2) is 18.2 Å². The lowest BCUT2D eigenvalue weighted by molar-refractivity contribution is -0.129. The smallest absolute Gasteiger partial charge is 0.251 e. The molecule has 108 valence electrons. The molecule has 1 saturated heterocycles. The Bertz CT molecular complexity index is 534. The zero-order valence-electron chi connectivity index (χ0n) is 11.2. The van der Waals surface area contributed by atoms with Crippen molar-refractivity contribution < 1.29 is 9.59 Å². The summed E-state index contributed by atoms with van der Waals surface area (Å²) in [6, 6.07) is 4.62. The summed E-state index contributed by atoms with van der Waals surface area (Å²) in [6.45, 7) is 3.65. The van der Waals surface area contributed by atoms with E-state index in [0.717, 1.165) is 19.5 Å². The summed E-state index contributed by atoms with van der Waals surface area (Å²) in [5, 5.41) is 3.32. The van der Waals surface area contributed by atoms with Gasteiger partial charge in [0.05, 0.1) is 16.6 Å². The van der Waals surface area contributed by atoms with E-state index in [0.29, 0.717) is 21.5 Å². The molecule has 20 heavy (non-hydrogen) atoms. The average Bonchev–Trinajstić information content (AvgIpc) is 2.85. The molecular weight excluding hydrogens is 299 g/mol. The van der Waals surface area contributed by atoms with Crippen LogP contribution in [-0.4, -0.2) is 36.3 Å². The van der Waals surface area contributed by atoms with Gasteiger partial charge in [0.2, 0.25) is 5.91 Å². The van der Waals surface area contributed by atoms with Gasteiger partial charge in [0.15, 0.2) is 0 Å². The second-order valence-electron chi connectivity index (χ2n) is 5.05. The van der Waals surface area contributed by atoms with E-state index in [1.165, 1.54) is 6.07 Å². The topological polar surface area (TPSA) is 49.4 Å². The quantitative estimate of drug-likeness (QED) is 0.932. The number of nitrogens with zero attached hydrogens (tertiary/aromatic N) is 1. The minimum atomic E-state index is -0.329. The molecule has 1 unspecified atom stereocenters. The largest absolute Gasteiger partial charge is 0.343 e. The van der Waals surface area contributed by atoms with Gasteiger partial charge in [-0.2, -0.15) is 0 Å². The molecule has 1 aromatic carbocycles. The third kappa shape index (κ3) is 3.64. The molecule has 2 rings (SSSR count). The molecular formula is C14H16Cl2N2O2. The highest BCUT2D eigenvalue weighted by atomic mass is 35.5. The van der Waals surface area contributed by atoms with Gasteiger partial charge in [0, 0.05) is 18.7 Å². The molecule has 1 aliphatic rings. The maximum absolute atomic E-state index is 11.9. The molecule has 2 amide bonds. The molecule has 0 bridgehead atoms. The minimum Gasteiger partial charge on any atom is -0.343 e. The second-order valence-corrected chi connectivity index (χ2v) is 5.86. The molecule has 0 spiro atoms. The number of amides is 2. The monoisotopic (exact) mass is 314 g/mol. The van der Waals surface area contributed by atoms with Crippen LogP contribution >= 0.6 is 23.2 Å². The van der Waals surface area contributed by atoms with Crippen LogP contribution in [0, 0.1) is 5.92 Å². The van der Waals surface area contributed by atoms with E-state index in [4.69, 9.17) is 23.2 Å². The Morgan fingerprint density at radius 1 is 1.35 bits per heavy atom. The lowest BCUT2D eigenvalue weighted by atomic mass is 10.2. The number of carbonyl (C=O) groups is 2. The Hall–Kier alpha value is -1.26. The number of hydrogen-bond acceptors (Lipinski definition) is 2. The van der Waals surface area contributed by atoms with Crippen molar-refractivity contribution in [2.24, 2.45) is 5.92 Å². The first-order valence-electron chi connectivity index (χ1n) is 6.48. The van der Waals surface area contributed by atoms with Crippen LogP contribution in [-0.2, 0) is 4.79 Å². The standard InChI is InChI=1S/C14H16Cl2N2O2/c1-9-4-5-18(8-9)13(19)7-17-14(20)10-2-3-11(15)12(16)6-10/h2-3,6,9H,4-5,7-8H2,1H3,(H,17,20). The summed E-state index contributed by atoms with van der Waals surface area (Å²) in [4.78, 5) is 25.6. The van der Waals surface area contributed by atoms with E-state index in [1.807, 2.05) is 0 Å². The first-order valence-corrected chi connectivity index (χ1v) is 7.24. The summed E-state index contributed by atoms with van der Waals surface area (Å²) >= 11 is 11.6. The van der Waals surface area contributed by atoms with Gasteiger partial charge in [-0.15, -0.1) is 0 Å². The lowest BCUT2D eigenvalue weighted by Gasteiger charge is -2.16. The van der Waals surface area contributed by atoms with Crippen molar-refractivity contribution in [2.75, 3.05) is 19.6 Å². The van der Waals surface area contributed by atoms with Crippen molar-refractivity contribution in [3.05, 3.63) is 33.8 Å². The van der Waals surface area contributed by atoms with Crippen LogP contribution in [0.1, 0.15) is 23.7 Å². The number of carbonyl (C=O) groups excluding carboxylic acids is 2. The van der Waals surface area contributed by atoms with Crippen molar-refractivity contribution >= 4 is 35.0 Å². The number of likely N-dealkylation sites (tertiary alicyclic amines) is 1. The fourth-order valence-electron chi connectivity index (χ4n) is 2.17. The summed E-state index contributed by atoms with van der Waals surface area (Å²) < 4.78 is 0. The Labute approximate surface area is 128 Å². The van der Waals surface area contributed by atoms with Gasteiger partial charge in [0.1, 0.15) is 0 Å². The lowest BCUT2D eigenvalue weighted by Crippen LogP contribution is -2.39. The first kappa shape index (κ1) is 15.1. The Morgan fingerprint density at radius 2 is 2.10 bits per heavy atom. The highest BCUT2D eigenvalue weighted by molar-refractivity contribution is 6.42. The van der Waals surface area contributed by atoms with Gasteiger partial charge in [-0.3, -0.25) is 9.59 Å². The van der Waals surface area contributed by atoms with Gasteiger partial charge in [0.25, 0.3) is 5.91 Å². The second kappa shape index (κ2) is 6.46. The predicted octanol–water partition coefficient (Wildman–Crippen LogP) is 2.59. The van der Waals surface area contributed by atoms with Crippen LogP contribution in [0.4, 0.5) is 0 Å². The van der Waals surface area contributed by atoms with Gasteiger partial charge < -0.3 is 10.2 Å². The molecule has 1 fully saturated rings. The molecule has 4 nitrogen and oxygen atoms in total. The molecule has 0 aliphatic carbocycles. The van der Waals surface area contributed by atoms with Gasteiger partial charge >= 0.3 is 0 Å². The number of benzene rings is 1. The first-order chi connectivity index (χ1) is 9.47. The molecule has 0 radical (unpaired) electrons. The molecule has 6 heteroatoms. The Balaban J connectivity index is 1.88. The highest BCUT2D eigenvalue weighted by Gasteiger charge is 2.23. The van der Waals surface area contributed by atoms with E-state index >= 15 is 0 Å². The van der Waals surface area contributed by atoms with Crippen LogP contribution in [0.2, 0.25) is 10.0 Å². The normalized spacial score (nSPS) is 18.1. The number of halogens is 2. The summed E-state index contributed by atoms with van der Waals surface area (Å²) in [5.74, 6) is 0.150. The zero-order valence-corrected chi connectivity index (χ0v) is 12.7. The van der Waals surface area contributed by atoms with Crippen LogP contribution < -0.4 is 5.32 Å². The molecule has 1 aromatic rings. The number of nitrogens with one attached hydrogen (secondary N) is 1. The fourth-order valence-corrected chi connectivity index (χ4v) is 2.47. The third-order valence-electron chi connectivity index (χ3n) is 3.36. The van der Waals surface area contributed by atoms with Crippen molar-refractivity contribution in [3.8, 4) is 0 Å². The minimum absolute atomic E-state index is 0.00575. The number of hydrogen-bond donors (Lipinski definition) is 1. The molecule has 0 saturated carbocycles. The van der Waals surface area contributed by atoms with Crippen molar-refractivity contribution in [1.82, 2.24) is 10.2 Å². The van der Waals surface area contributed by atoms with E-state index in [2.05, 4.69) is 12.2 Å². The third-order valence-corrected chi connectivity index (χ3v) is 4.10. The van der Waals surface area contributed by atoms with Gasteiger partial charge in [-0.05, 0) is 30.5 Å². The summed E-state index contributed by atoms with van der Waals surface area (Å²) in [7, 11) is 0. The summed E-state index contributed by atoms with van der Waals surface area (Å²) in [6.07, 6.45) is 1.02. The van der Waals surface area contributed by atoms with Gasteiger partial charge in [-0.1, -0.05) is 30.1 Å². The van der Waals surface area contributed by atoms with Crippen LogP contribution in [0.5, 0.6) is 0 Å². The van der Waals surface area contributed by atoms with Gasteiger partial charge in [-0.25, -0.2) is 0 Å². The predicted molar refractivity (Wildman–Crippen MR) is 79.2 cm³/mol. The SMILES string of the molecule is CC1CCN(C(=O)CNC(=O)c2ccc(Cl)c(Cl)c2)C1. The van der Waals surface area contributed by atoms with Crippen molar-refractivity contribution in [2.45, 2.75) is 13.3 Å². The Kier molecular flexibility index (Phi) is 4.89. The van der Waals surface area contributed by atoms with E-state index in [9.17, 15) is 9.59 Å². The molecule has 1 N–H and O–H groups in total. The highest BCUT2D eigenvalue weighted by Crippen LogP contribution is 2.22. The number of rotatable bonds is 3. The van der Waals surface area contributed by atoms with Crippen LogP contribution in [0.3, 0.4) is 0 Å². The average molecular weight is 315 g/mol.